The van der Waals surface area contributed by atoms with Crippen molar-refractivity contribution in [2.24, 2.45) is 0 Å². The highest BCUT2D eigenvalue weighted by molar-refractivity contribution is 7.47. The fourth-order valence-electron chi connectivity index (χ4n) is 7.11. The first kappa shape index (κ1) is 57.7. The number of esters is 2. The first-order valence-corrected chi connectivity index (χ1v) is 26.1. The van der Waals surface area contributed by atoms with Crippen LogP contribution in [-0.2, 0) is 32.7 Å². The molecule has 0 aliphatic rings. The molecule has 0 heterocycles. The summed E-state index contributed by atoms with van der Waals surface area (Å²) in [7, 11) is -4.62. The molecule has 0 radical (unpaired) electrons. The molecule has 0 saturated carbocycles. The van der Waals surface area contributed by atoms with Gasteiger partial charge >= 0.3 is 19.8 Å². The van der Waals surface area contributed by atoms with Gasteiger partial charge in [0.2, 0.25) is 0 Å². The molecule has 3 N–H and O–H groups in total. The molecule has 59 heavy (non-hydrogen) atoms. The van der Waals surface area contributed by atoms with Crippen molar-refractivity contribution in [2.45, 2.75) is 257 Å². The molecule has 0 saturated heterocycles. The first-order valence-electron chi connectivity index (χ1n) is 24.6. The standard InChI is InChI=1S/C48H93O10P/c1-3-5-7-9-11-13-15-17-19-20-21-22-23-24-26-28-30-32-34-36-38-40-48(52)58-46(44-57-59(53,54)56-42-45(50)41-49)43-55-47(51)39-37-35-33-31-29-27-25-18-16-14-12-10-8-6-4-2/h14,16,45-46,49-50H,3-13,15,17-44H2,1-2H3,(H,53,54)/b16-14+/t45-,46+/m0/s1. The van der Waals surface area contributed by atoms with Crippen molar-refractivity contribution >= 4 is 19.8 Å². The predicted molar refractivity (Wildman–Crippen MR) is 242 cm³/mol. The third kappa shape index (κ3) is 44.6. The summed E-state index contributed by atoms with van der Waals surface area (Å²) in [6.07, 6.45) is 44.6. The maximum atomic E-state index is 12.7. The highest BCUT2D eigenvalue weighted by Gasteiger charge is 2.27. The van der Waals surface area contributed by atoms with E-state index in [1.165, 1.54) is 161 Å². The van der Waals surface area contributed by atoms with Crippen LogP contribution in [0.4, 0.5) is 0 Å². The Labute approximate surface area is 362 Å². The Morgan fingerprint density at radius 2 is 0.831 bits per heavy atom. The molecule has 1 unspecified atom stereocenters. The van der Waals surface area contributed by atoms with Crippen molar-refractivity contribution in [3.05, 3.63) is 12.2 Å². The maximum Gasteiger partial charge on any atom is 0.472 e. The van der Waals surface area contributed by atoms with Crippen LogP contribution < -0.4 is 0 Å². The number of hydrogen-bond acceptors (Lipinski definition) is 9. The molecule has 0 aliphatic carbocycles. The van der Waals surface area contributed by atoms with Gasteiger partial charge in [0.15, 0.2) is 6.10 Å². The minimum atomic E-state index is -4.62. The van der Waals surface area contributed by atoms with Gasteiger partial charge in [0.05, 0.1) is 19.8 Å². The SMILES string of the molecule is CCCCCC/C=C/CCCCCCCCCC(=O)OC[C@H](COP(=O)(O)OC[C@@H](O)CO)OC(=O)CCCCCCCCCCCCCCCCCCCCCCC. The van der Waals surface area contributed by atoms with Gasteiger partial charge in [0.1, 0.15) is 12.7 Å². The van der Waals surface area contributed by atoms with Crippen LogP contribution in [0.25, 0.3) is 0 Å². The number of hydrogen-bond donors (Lipinski definition) is 3. The molecule has 0 bridgehead atoms. The second-order valence-electron chi connectivity index (χ2n) is 16.8. The third-order valence-electron chi connectivity index (χ3n) is 10.9. The summed E-state index contributed by atoms with van der Waals surface area (Å²) < 4.78 is 32.8. The Hall–Kier alpha value is -1.29. The van der Waals surface area contributed by atoms with Gasteiger partial charge in [-0.15, -0.1) is 0 Å². The van der Waals surface area contributed by atoms with Gasteiger partial charge in [-0.2, -0.15) is 0 Å². The molecule has 350 valence electrons. The lowest BCUT2D eigenvalue weighted by molar-refractivity contribution is -0.161. The number of ether oxygens (including phenoxy) is 2. The van der Waals surface area contributed by atoms with Crippen molar-refractivity contribution in [1.82, 2.24) is 0 Å². The van der Waals surface area contributed by atoms with Gasteiger partial charge in [-0.3, -0.25) is 18.6 Å². The van der Waals surface area contributed by atoms with E-state index in [0.717, 1.165) is 44.9 Å². The van der Waals surface area contributed by atoms with E-state index in [-0.39, 0.29) is 19.4 Å². The number of phosphoric acid groups is 1. The third-order valence-corrected chi connectivity index (χ3v) is 11.9. The van der Waals surface area contributed by atoms with Crippen LogP contribution in [0.1, 0.15) is 245 Å². The number of unbranched alkanes of at least 4 members (excludes halogenated alkanes) is 31. The van der Waals surface area contributed by atoms with Gasteiger partial charge in [0, 0.05) is 12.8 Å². The normalized spacial score (nSPS) is 13.8. The van der Waals surface area contributed by atoms with E-state index in [1.54, 1.807) is 0 Å². The number of allylic oxidation sites excluding steroid dienone is 2. The Morgan fingerprint density at radius 3 is 1.24 bits per heavy atom. The first-order chi connectivity index (χ1) is 28.7. The van der Waals surface area contributed by atoms with E-state index in [9.17, 15) is 24.2 Å². The van der Waals surface area contributed by atoms with Gasteiger partial charge in [0.25, 0.3) is 0 Å². The second kappa shape index (κ2) is 44.8. The molecule has 3 atom stereocenters. The van der Waals surface area contributed by atoms with E-state index >= 15 is 0 Å². The number of rotatable bonds is 47. The molecule has 11 heteroatoms. The maximum absolute atomic E-state index is 12.7. The van der Waals surface area contributed by atoms with Gasteiger partial charge in [-0.25, -0.2) is 4.57 Å². The van der Waals surface area contributed by atoms with E-state index in [4.69, 9.17) is 23.6 Å². The average molecular weight is 861 g/mol. The Bertz CT molecular complexity index is 993. The van der Waals surface area contributed by atoms with Crippen LogP contribution in [0.3, 0.4) is 0 Å². The molecule has 0 rings (SSSR count). The highest BCUT2D eigenvalue weighted by Crippen LogP contribution is 2.43. The van der Waals surface area contributed by atoms with Crippen molar-refractivity contribution in [3.63, 3.8) is 0 Å². The lowest BCUT2D eigenvalue weighted by atomic mass is 10.0. The summed E-state index contributed by atoms with van der Waals surface area (Å²) in [5, 5.41) is 18.4. The fourth-order valence-corrected chi connectivity index (χ4v) is 7.90. The summed E-state index contributed by atoms with van der Waals surface area (Å²) >= 11 is 0. The Morgan fingerprint density at radius 1 is 0.492 bits per heavy atom. The topological polar surface area (TPSA) is 149 Å². The van der Waals surface area contributed by atoms with Crippen molar-refractivity contribution in [3.8, 4) is 0 Å². The number of phosphoric ester groups is 1. The molecule has 0 aliphatic heterocycles. The zero-order valence-corrected chi connectivity index (χ0v) is 39.1. The minimum Gasteiger partial charge on any atom is -0.462 e. The summed E-state index contributed by atoms with van der Waals surface area (Å²) in [6, 6.07) is 0. The molecular formula is C48H93O10P. The van der Waals surface area contributed by atoms with Crippen LogP contribution in [0.15, 0.2) is 12.2 Å². The van der Waals surface area contributed by atoms with E-state index in [2.05, 4.69) is 26.0 Å². The highest BCUT2D eigenvalue weighted by atomic mass is 31.2. The average Bonchev–Trinajstić information content (AvgIpc) is 3.22. The van der Waals surface area contributed by atoms with Crippen LogP contribution in [0, 0.1) is 0 Å². The van der Waals surface area contributed by atoms with E-state index in [1.807, 2.05) is 0 Å². The largest absolute Gasteiger partial charge is 0.472 e. The van der Waals surface area contributed by atoms with Crippen LogP contribution in [0.5, 0.6) is 0 Å². The molecule has 10 nitrogen and oxygen atoms in total. The summed E-state index contributed by atoms with van der Waals surface area (Å²) in [5.74, 6) is -0.915. The molecule has 0 aromatic rings. The minimum absolute atomic E-state index is 0.190. The van der Waals surface area contributed by atoms with Crippen molar-refractivity contribution < 1.29 is 47.8 Å². The zero-order valence-electron chi connectivity index (χ0n) is 38.2. The number of carbonyl (C=O) groups excluding carboxylic acids is 2. The lowest BCUT2D eigenvalue weighted by Gasteiger charge is -2.20. The fraction of sp³-hybridized carbons (Fsp3) is 0.917. The number of aliphatic hydroxyl groups excluding tert-OH is 2. The predicted octanol–water partition coefficient (Wildman–Crippen LogP) is 13.6. The van der Waals surface area contributed by atoms with E-state index in [0.29, 0.717) is 12.8 Å². The zero-order chi connectivity index (χ0) is 43.3. The molecule has 0 amide bonds. The van der Waals surface area contributed by atoms with Crippen LogP contribution in [0.2, 0.25) is 0 Å². The number of carbonyl (C=O) groups is 2. The van der Waals surface area contributed by atoms with Crippen molar-refractivity contribution in [1.29, 1.82) is 0 Å². The molecule has 0 spiro atoms. The van der Waals surface area contributed by atoms with E-state index < -0.39 is 51.8 Å². The van der Waals surface area contributed by atoms with Crippen LogP contribution >= 0.6 is 7.82 Å². The molecule has 0 fully saturated rings. The Balaban J connectivity index is 4.15. The van der Waals surface area contributed by atoms with Gasteiger partial charge < -0.3 is 24.6 Å². The molecule has 0 aromatic heterocycles. The molecule has 0 aromatic carbocycles. The second-order valence-corrected chi connectivity index (χ2v) is 18.3. The van der Waals surface area contributed by atoms with Crippen LogP contribution in [-0.4, -0.2) is 65.7 Å². The molecular weight excluding hydrogens is 767 g/mol. The number of aliphatic hydroxyl groups is 2. The smallest absolute Gasteiger partial charge is 0.462 e. The summed E-state index contributed by atoms with van der Waals surface area (Å²) in [5.41, 5.74) is 0. The van der Waals surface area contributed by atoms with Gasteiger partial charge in [-0.1, -0.05) is 206 Å². The monoisotopic (exact) mass is 861 g/mol. The van der Waals surface area contributed by atoms with Crippen molar-refractivity contribution in [2.75, 3.05) is 26.4 Å². The summed E-state index contributed by atoms with van der Waals surface area (Å²) in [4.78, 5) is 35.1. The lowest BCUT2D eigenvalue weighted by Crippen LogP contribution is -2.29. The van der Waals surface area contributed by atoms with Gasteiger partial charge in [-0.05, 0) is 38.5 Å². The Kier molecular flexibility index (Phi) is 43.8. The quantitative estimate of drug-likeness (QED) is 0.0234. The summed E-state index contributed by atoms with van der Waals surface area (Å²) in [6.45, 7) is 2.41.